The van der Waals surface area contributed by atoms with Gasteiger partial charge in [-0.05, 0) is 50.0 Å². The van der Waals surface area contributed by atoms with Crippen LogP contribution >= 0.6 is 0 Å². The first kappa shape index (κ1) is 14.5. The first-order valence-electron chi connectivity index (χ1n) is 8.53. The fourth-order valence-electron chi connectivity index (χ4n) is 4.61. The van der Waals surface area contributed by atoms with E-state index in [1.54, 1.807) is 0 Å². The van der Waals surface area contributed by atoms with Gasteiger partial charge in [-0.2, -0.15) is 0 Å². The Balaban J connectivity index is 1.47. The van der Waals surface area contributed by atoms with Crippen LogP contribution in [0.1, 0.15) is 41.7 Å². The Kier molecular flexibility index (Phi) is 3.47. The number of nitrogens with one attached hydrogen (secondary N) is 2. The Morgan fingerprint density at radius 2 is 2.04 bits per heavy atom. The quantitative estimate of drug-likeness (QED) is 0.673. The number of fused-ring (bicyclic) bond motifs is 3. The molecule has 4 nitrogen and oxygen atoms in total. The van der Waals surface area contributed by atoms with E-state index in [9.17, 15) is 9.59 Å². The number of para-hydroxylation sites is 1. The summed E-state index contributed by atoms with van der Waals surface area (Å²) < 4.78 is 0. The van der Waals surface area contributed by atoms with E-state index in [2.05, 4.69) is 10.3 Å². The Morgan fingerprint density at radius 3 is 2.78 bits per heavy atom. The highest BCUT2D eigenvalue weighted by molar-refractivity contribution is 6.45. The number of aryl methyl sites for hydroxylation is 1. The minimum Gasteiger partial charge on any atom is -0.358 e. The van der Waals surface area contributed by atoms with Crippen LogP contribution in [0, 0.1) is 24.7 Å². The first-order chi connectivity index (χ1) is 11.1. The van der Waals surface area contributed by atoms with Crippen LogP contribution in [0.25, 0.3) is 10.9 Å². The summed E-state index contributed by atoms with van der Waals surface area (Å²) in [6.45, 7) is 2.49. The molecule has 23 heavy (non-hydrogen) atoms. The van der Waals surface area contributed by atoms with E-state index >= 15 is 0 Å². The fourth-order valence-corrected chi connectivity index (χ4v) is 4.61. The highest BCUT2D eigenvalue weighted by atomic mass is 16.2. The third-order valence-corrected chi connectivity index (χ3v) is 5.74. The van der Waals surface area contributed by atoms with Crippen molar-refractivity contribution in [2.75, 3.05) is 6.54 Å². The van der Waals surface area contributed by atoms with Gasteiger partial charge < -0.3 is 10.3 Å². The molecule has 4 heteroatoms. The summed E-state index contributed by atoms with van der Waals surface area (Å²) in [5, 5.41) is 3.71. The zero-order valence-corrected chi connectivity index (χ0v) is 13.4. The van der Waals surface area contributed by atoms with E-state index in [-0.39, 0.29) is 0 Å². The highest BCUT2D eigenvalue weighted by Gasteiger charge is 2.39. The van der Waals surface area contributed by atoms with E-state index in [0.717, 1.165) is 28.4 Å². The minimum absolute atomic E-state index is 0.428. The van der Waals surface area contributed by atoms with Gasteiger partial charge in [0, 0.05) is 23.1 Å². The summed E-state index contributed by atoms with van der Waals surface area (Å²) in [6.07, 6.45) is 5.17. The highest BCUT2D eigenvalue weighted by Crippen LogP contribution is 2.47. The lowest BCUT2D eigenvalue weighted by molar-refractivity contribution is -0.117. The molecule has 2 fully saturated rings. The van der Waals surface area contributed by atoms with Crippen LogP contribution in [0.5, 0.6) is 0 Å². The van der Waals surface area contributed by atoms with E-state index in [1.807, 2.05) is 31.2 Å². The molecule has 2 N–H and O–H groups in total. The van der Waals surface area contributed by atoms with Crippen LogP contribution in [-0.2, 0) is 4.79 Å². The average Bonchev–Trinajstić information content (AvgIpc) is 3.24. The monoisotopic (exact) mass is 310 g/mol. The summed E-state index contributed by atoms with van der Waals surface area (Å²) in [5.41, 5.74) is 2.16. The van der Waals surface area contributed by atoms with Gasteiger partial charge in [0.25, 0.3) is 11.7 Å². The lowest BCUT2D eigenvalue weighted by Crippen LogP contribution is -2.36. The molecule has 1 heterocycles. The second-order valence-electron chi connectivity index (χ2n) is 7.14. The van der Waals surface area contributed by atoms with Gasteiger partial charge in [0.05, 0.1) is 5.56 Å². The predicted octanol–water partition coefficient (Wildman–Crippen LogP) is 3.21. The Hall–Kier alpha value is -2.10. The van der Waals surface area contributed by atoms with Crippen LogP contribution in [-0.4, -0.2) is 23.2 Å². The van der Waals surface area contributed by atoms with E-state index in [4.69, 9.17) is 0 Å². The summed E-state index contributed by atoms with van der Waals surface area (Å²) in [5.74, 6) is 1.27. The third kappa shape index (κ3) is 2.46. The zero-order valence-electron chi connectivity index (χ0n) is 13.4. The molecule has 2 aliphatic carbocycles. The van der Waals surface area contributed by atoms with Crippen molar-refractivity contribution in [3.05, 3.63) is 35.5 Å². The Labute approximate surface area is 135 Å². The van der Waals surface area contributed by atoms with Gasteiger partial charge in [-0.3, -0.25) is 9.59 Å². The smallest absolute Gasteiger partial charge is 0.292 e. The number of hydrogen-bond acceptors (Lipinski definition) is 2. The number of benzene rings is 1. The molecule has 0 saturated heterocycles. The van der Waals surface area contributed by atoms with Crippen LogP contribution in [0.2, 0.25) is 0 Å². The van der Waals surface area contributed by atoms with Crippen molar-refractivity contribution in [3.63, 3.8) is 0 Å². The number of aromatic nitrogens is 1. The molecule has 0 aliphatic heterocycles. The van der Waals surface area contributed by atoms with Gasteiger partial charge >= 0.3 is 0 Å². The number of ketones is 1. The number of carbonyl (C=O) groups is 2. The van der Waals surface area contributed by atoms with Crippen molar-refractivity contribution in [2.45, 2.75) is 32.6 Å². The molecular weight excluding hydrogens is 288 g/mol. The fraction of sp³-hybridized carbons (Fsp3) is 0.474. The Morgan fingerprint density at radius 1 is 1.22 bits per heavy atom. The SMILES string of the molecule is Cc1[nH]c2ccccc2c1C(=O)C(=O)NC[C@H]1C[C@H]2CC[C@@H]1C2. The molecule has 3 atom stereocenters. The molecule has 0 radical (unpaired) electrons. The molecule has 2 saturated carbocycles. The van der Waals surface area contributed by atoms with Crippen molar-refractivity contribution < 1.29 is 9.59 Å². The molecule has 1 aromatic carbocycles. The number of hydrogen-bond donors (Lipinski definition) is 2. The van der Waals surface area contributed by atoms with E-state index in [0.29, 0.717) is 18.0 Å². The van der Waals surface area contributed by atoms with Gasteiger partial charge in [-0.1, -0.05) is 24.6 Å². The van der Waals surface area contributed by atoms with Gasteiger partial charge in [-0.15, -0.1) is 0 Å². The number of amides is 1. The molecule has 0 spiro atoms. The van der Waals surface area contributed by atoms with Gasteiger partial charge in [0.15, 0.2) is 0 Å². The van der Waals surface area contributed by atoms with Gasteiger partial charge in [0.1, 0.15) is 0 Å². The van der Waals surface area contributed by atoms with Crippen LogP contribution in [0.4, 0.5) is 0 Å². The predicted molar refractivity (Wildman–Crippen MR) is 89.3 cm³/mol. The Bertz CT molecular complexity index is 777. The zero-order chi connectivity index (χ0) is 16.0. The summed E-state index contributed by atoms with van der Waals surface area (Å²) in [7, 11) is 0. The van der Waals surface area contributed by atoms with Crippen molar-refractivity contribution in [3.8, 4) is 0 Å². The lowest BCUT2D eigenvalue weighted by Gasteiger charge is -2.21. The van der Waals surface area contributed by atoms with Crippen molar-refractivity contribution in [2.24, 2.45) is 17.8 Å². The molecule has 1 amide bonds. The van der Waals surface area contributed by atoms with Gasteiger partial charge in [0.2, 0.25) is 0 Å². The maximum absolute atomic E-state index is 12.6. The molecule has 2 aromatic rings. The molecule has 2 aliphatic rings. The third-order valence-electron chi connectivity index (χ3n) is 5.74. The van der Waals surface area contributed by atoms with Crippen LogP contribution in [0.15, 0.2) is 24.3 Å². The molecular formula is C19H22N2O2. The lowest BCUT2D eigenvalue weighted by atomic mass is 9.89. The minimum atomic E-state index is -0.472. The van der Waals surface area contributed by atoms with Crippen molar-refractivity contribution >= 4 is 22.6 Å². The first-order valence-corrected chi connectivity index (χ1v) is 8.53. The molecule has 0 unspecified atom stereocenters. The van der Waals surface area contributed by atoms with E-state index in [1.165, 1.54) is 25.7 Å². The average molecular weight is 310 g/mol. The number of aromatic amines is 1. The molecule has 120 valence electrons. The summed E-state index contributed by atoms with van der Waals surface area (Å²) in [6, 6.07) is 7.61. The summed E-state index contributed by atoms with van der Waals surface area (Å²) in [4.78, 5) is 28.1. The maximum atomic E-state index is 12.6. The molecule has 1 aromatic heterocycles. The van der Waals surface area contributed by atoms with Gasteiger partial charge in [-0.25, -0.2) is 0 Å². The standard InChI is InChI=1S/C19H22N2O2/c1-11-17(15-4-2-3-5-16(15)21-11)18(22)19(23)20-10-14-9-12-6-7-13(14)8-12/h2-5,12-14,21H,6-10H2,1H3,(H,20,23)/t12-,13+,14+/m0/s1. The number of Topliss-reactive ketones (excluding diaryl/α,β-unsaturated/α-hetero) is 1. The topological polar surface area (TPSA) is 62.0 Å². The van der Waals surface area contributed by atoms with Crippen molar-refractivity contribution in [1.29, 1.82) is 0 Å². The summed E-state index contributed by atoms with van der Waals surface area (Å²) >= 11 is 0. The molecule has 2 bridgehead atoms. The van der Waals surface area contributed by atoms with E-state index < -0.39 is 11.7 Å². The van der Waals surface area contributed by atoms with Crippen LogP contribution in [0.3, 0.4) is 0 Å². The number of rotatable bonds is 4. The van der Waals surface area contributed by atoms with Crippen LogP contribution < -0.4 is 5.32 Å². The largest absolute Gasteiger partial charge is 0.358 e. The molecule has 4 rings (SSSR count). The normalized spacial score (nSPS) is 25.9. The second kappa shape index (κ2) is 5.52. The second-order valence-corrected chi connectivity index (χ2v) is 7.14. The van der Waals surface area contributed by atoms with Crippen molar-refractivity contribution in [1.82, 2.24) is 10.3 Å². The number of H-pyrrole nitrogens is 1. The number of carbonyl (C=O) groups excluding carboxylic acids is 2. The maximum Gasteiger partial charge on any atom is 0.292 e.